The Kier molecular flexibility index (Phi) is 6.96. The fourth-order valence-electron chi connectivity index (χ4n) is 4.58. The van der Waals surface area contributed by atoms with Crippen LogP contribution >= 0.6 is 7.60 Å². The monoisotopic (exact) mass is 455 g/mol. The molecule has 7 heteroatoms. The zero-order valence-corrected chi connectivity index (χ0v) is 19.4. The van der Waals surface area contributed by atoms with Crippen molar-refractivity contribution < 1.29 is 23.5 Å². The number of ether oxygens (including phenoxy) is 1. The molecule has 32 heavy (non-hydrogen) atoms. The van der Waals surface area contributed by atoms with Crippen LogP contribution in [0.3, 0.4) is 0 Å². The third kappa shape index (κ3) is 5.21. The zero-order valence-electron chi connectivity index (χ0n) is 18.5. The molecule has 0 saturated carbocycles. The number of rotatable bonds is 7. The van der Waals surface area contributed by atoms with Crippen LogP contribution in [-0.2, 0) is 18.6 Å². The lowest BCUT2D eigenvalue weighted by atomic mass is 9.86. The van der Waals surface area contributed by atoms with Gasteiger partial charge in [0.15, 0.2) is 0 Å². The number of esters is 1. The molecule has 6 nitrogen and oxygen atoms in total. The second-order valence-electron chi connectivity index (χ2n) is 8.71. The number of benzene rings is 2. The van der Waals surface area contributed by atoms with Gasteiger partial charge in [0, 0.05) is 24.6 Å². The lowest BCUT2D eigenvalue weighted by Crippen LogP contribution is -2.35. The topological polar surface area (TPSA) is 76.1 Å². The van der Waals surface area contributed by atoms with Crippen LogP contribution in [0.5, 0.6) is 0 Å². The summed E-state index contributed by atoms with van der Waals surface area (Å²) in [4.78, 5) is 24.7. The van der Waals surface area contributed by atoms with Crippen LogP contribution in [0.2, 0.25) is 0 Å². The minimum Gasteiger partial charge on any atom is -0.460 e. The molecular formula is C25H30NO5P. The molecule has 0 aromatic heterocycles. The van der Waals surface area contributed by atoms with Crippen LogP contribution in [0.4, 0.5) is 0 Å². The van der Waals surface area contributed by atoms with Crippen LogP contribution in [0.25, 0.3) is 6.08 Å². The Balaban J connectivity index is 1.41. The third-order valence-electron chi connectivity index (χ3n) is 6.05. The molecule has 0 amide bonds. The predicted molar refractivity (Wildman–Crippen MR) is 125 cm³/mol. The van der Waals surface area contributed by atoms with E-state index in [9.17, 15) is 14.3 Å². The van der Waals surface area contributed by atoms with Crippen molar-refractivity contribution in [2.24, 2.45) is 0 Å². The number of hydrogen-bond acceptors (Lipinski definition) is 5. The van der Waals surface area contributed by atoms with E-state index in [1.54, 1.807) is 44.2 Å². The first-order valence-corrected chi connectivity index (χ1v) is 12.7. The van der Waals surface area contributed by atoms with Crippen molar-refractivity contribution in [2.75, 3.05) is 19.7 Å². The number of hydrogen-bond donors (Lipinski definition) is 1. The molecule has 1 fully saturated rings. The Morgan fingerprint density at radius 3 is 2.62 bits per heavy atom. The van der Waals surface area contributed by atoms with Crippen LogP contribution in [0.1, 0.15) is 55.3 Å². The smallest absolute Gasteiger partial charge is 0.358 e. The van der Waals surface area contributed by atoms with Crippen molar-refractivity contribution >= 4 is 24.9 Å². The fraction of sp³-hybridized carbons (Fsp3) is 0.400. The van der Waals surface area contributed by atoms with Crippen molar-refractivity contribution in [2.45, 2.75) is 44.8 Å². The van der Waals surface area contributed by atoms with Gasteiger partial charge in [0.05, 0.1) is 18.0 Å². The quantitative estimate of drug-likeness (QED) is 0.379. The standard InChI is InChI=1S/C25H30NO5P/c1-18(2)31-25(27)14-11-19-9-12-21(13-10-19)32(28,29)30-17-20-16-26-15-5-8-24(26)23-7-4-3-6-22(20)23/h3-4,6-7,9-14,18,20,24H,5,8,15-17H2,1-2H3,(H,28,29)/b14-11+/t20-,24+/m1/s1. The molecule has 0 bridgehead atoms. The van der Waals surface area contributed by atoms with Crippen LogP contribution in [0, 0.1) is 0 Å². The summed E-state index contributed by atoms with van der Waals surface area (Å²) in [5, 5.41) is 0.238. The molecule has 2 aliphatic heterocycles. The average Bonchev–Trinajstić information content (AvgIpc) is 3.25. The summed E-state index contributed by atoms with van der Waals surface area (Å²) < 4.78 is 23.6. The molecule has 0 spiro atoms. The average molecular weight is 455 g/mol. The Bertz CT molecular complexity index is 1030. The normalized spacial score (nSPS) is 22.5. The van der Waals surface area contributed by atoms with Crippen molar-refractivity contribution in [1.29, 1.82) is 0 Å². The summed E-state index contributed by atoms with van der Waals surface area (Å²) in [7, 11) is -3.96. The van der Waals surface area contributed by atoms with Crippen LogP contribution in [-0.4, -0.2) is 41.6 Å². The number of carbonyl (C=O) groups is 1. The first-order valence-electron chi connectivity index (χ1n) is 11.1. The van der Waals surface area contributed by atoms with Gasteiger partial charge in [-0.3, -0.25) is 9.46 Å². The van der Waals surface area contributed by atoms with Crippen molar-refractivity contribution in [3.05, 3.63) is 71.3 Å². The predicted octanol–water partition coefficient (Wildman–Crippen LogP) is 4.41. The lowest BCUT2D eigenvalue weighted by molar-refractivity contribution is -0.141. The summed E-state index contributed by atoms with van der Waals surface area (Å²) in [6, 6.07) is 15.4. The number of carbonyl (C=O) groups excluding carboxylic acids is 1. The van der Waals surface area contributed by atoms with E-state index in [1.165, 1.54) is 30.0 Å². The second-order valence-corrected chi connectivity index (χ2v) is 10.5. The van der Waals surface area contributed by atoms with E-state index in [-0.39, 0.29) is 23.9 Å². The molecule has 0 radical (unpaired) electrons. The van der Waals surface area contributed by atoms with Crippen LogP contribution in [0.15, 0.2) is 54.6 Å². The molecular weight excluding hydrogens is 425 g/mol. The lowest BCUT2D eigenvalue weighted by Gasteiger charge is -2.37. The van der Waals surface area contributed by atoms with E-state index < -0.39 is 13.6 Å². The first kappa shape index (κ1) is 22.9. The Hall–Kier alpha value is -2.24. The second kappa shape index (κ2) is 9.72. The van der Waals surface area contributed by atoms with E-state index in [2.05, 4.69) is 23.1 Å². The summed E-state index contributed by atoms with van der Waals surface area (Å²) in [6.45, 7) is 5.67. The van der Waals surface area contributed by atoms with E-state index in [0.29, 0.717) is 6.04 Å². The Morgan fingerprint density at radius 2 is 1.91 bits per heavy atom. The maximum atomic E-state index is 12.9. The fourth-order valence-corrected chi connectivity index (χ4v) is 5.64. The van der Waals surface area contributed by atoms with E-state index in [1.807, 2.05) is 6.07 Å². The van der Waals surface area contributed by atoms with E-state index >= 15 is 0 Å². The molecule has 2 aliphatic rings. The van der Waals surface area contributed by atoms with E-state index in [4.69, 9.17) is 9.26 Å². The summed E-state index contributed by atoms with van der Waals surface area (Å²) >= 11 is 0. The van der Waals surface area contributed by atoms with Crippen molar-refractivity contribution in [1.82, 2.24) is 4.90 Å². The molecule has 3 atom stereocenters. The van der Waals surface area contributed by atoms with Gasteiger partial charge in [-0.05, 0) is 68.1 Å². The zero-order chi connectivity index (χ0) is 22.7. The maximum Gasteiger partial charge on any atom is 0.358 e. The molecule has 4 rings (SSSR count). The van der Waals surface area contributed by atoms with E-state index in [0.717, 1.165) is 18.7 Å². The van der Waals surface area contributed by atoms with Gasteiger partial charge in [0.2, 0.25) is 0 Å². The highest BCUT2D eigenvalue weighted by atomic mass is 31.2. The minimum atomic E-state index is -3.96. The van der Waals surface area contributed by atoms with Gasteiger partial charge in [-0.1, -0.05) is 36.4 Å². The highest BCUT2D eigenvalue weighted by Gasteiger charge is 2.36. The van der Waals surface area contributed by atoms with Gasteiger partial charge < -0.3 is 14.2 Å². The molecule has 2 heterocycles. The molecule has 2 aromatic rings. The summed E-state index contributed by atoms with van der Waals surface area (Å²) in [5.41, 5.74) is 3.28. The minimum absolute atomic E-state index is 0.0650. The van der Waals surface area contributed by atoms with Gasteiger partial charge in [-0.15, -0.1) is 0 Å². The third-order valence-corrected chi connectivity index (χ3v) is 7.50. The SMILES string of the molecule is CC(C)OC(=O)/C=C/c1ccc(P(=O)(O)OC[C@H]2CN3CCC[C@H]3c3ccccc32)cc1. The Morgan fingerprint density at radius 1 is 1.19 bits per heavy atom. The highest BCUT2D eigenvalue weighted by molar-refractivity contribution is 7.61. The van der Waals surface area contributed by atoms with Gasteiger partial charge in [-0.25, -0.2) is 4.79 Å². The van der Waals surface area contributed by atoms with Gasteiger partial charge in [0.1, 0.15) is 0 Å². The molecule has 170 valence electrons. The molecule has 0 aliphatic carbocycles. The molecule has 1 saturated heterocycles. The Labute approximate surface area is 189 Å². The maximum absolute atomic E-state index is 12.9. The van der Waals surface area contributed by atoms with Crippen molar-refractivity contribution in [3.8, 4) is 0 Å². The summed E-state index contributed by atoms with van der Waals surface area (Å²) in [6.07, 6.45) is 5.12. The van der Waals surface area contributed by atoms with Gasteiger partial charge in [-0.2, -0.15) is 0 Å². The molecule has 1 N–H and O–H groups in total. The number of nitrogens with zero attached hydrogens (tertiary/aromatic N) is 1. The molecule has 2 aromatic carbocycles. The largest absolute Gasteiger partial charge is 0.460 e. The van der Waals surface area contributed by atoms with Gasteiger partial charge >= 0.3 is 13.6 Å². The highest BCUT2D eigenvalue weighted by Crippen LogP contribution is 2.45. The molecule has 1 unspecified atom stereocenters. The number of fused-ring (bicyclic) bond motifs is 3. The van der Waals surface area contributed by atoms with Crippen molar-refractivity contribution in [3.63, 3.8) is 0 Å². The summed E-state index contributed by atoms with van der Waals surface area (Å²) in [5.74, 6) is -0.358. The van der Waals surface area contributed by atoms with Gasteiger partial charge in [0.25, 0.3) is 0 Å². The first-order chi connectivity index (χ1) is 15.3. The van der Waals surface area contributed by atoms with Crippen LogP contribution < -0.4 is 5.30 Å².